The van der Waals surface area contributed by atoms with E-state index in [4.69, 9.17) is 9.47 Å². The highest BCUT2D eigenvalue weighted by Gasteiger charge is 2.14. The Balaban J connectivity index is 1.40. The Morgan fingerprint density at radius 3 is 2.56 bits per heavy atom. The van der Waals surface area contributed by atoms with E-state index < -0.39 is 10.9 Å². The Kier molecular flexibility index (Phi) is 6.89. The van der Waals surface area contributed by atoms with E-state index in [0.717, 1.165) is 11.3 Å². The van der Waals surface area contributed by atoms with E-state index in [1.807, 2.05) is 35.7 Å². The molecule has 9 nitrogen and oxygen atoms in total. The van der Waals surface area contributed by atoms with Crippen molar-refractivity contribution in [2.45, 2.75) is 0 Å². The van der Waals surface area contributed by atoms with Crippen LogP contribution in [-0.2, 0) is 0 Å². The molecule has 0 unspecified atom stereocenters. The lowest BCUT2D eigenvalue weighted by Gasteiger charge is -2.10. The van der Waals surface area contributed by atoms with Crippen LogP contribution in [0.4, 0.5) is 10.8 Å². The van der Waals surface area contributed by atoms with Crippen molar-refractivity contribution < 1.29 is 19.2 Å². The maximum Gasteiger partial charge on any atom is 0.343 e. The zero-order chi connectivity index (χ0) is 23.9. The van der Waals surface area contributed by atoms with Crippen LogP contribution >= 0.6 is 11.3 Å². The Morgan fingerprint density at radius 1 is 1.09 bits per heavy atom. The van der Waals surface area contributed by atoms with Gasteiger partial charge < -0.3 is 9.47 Å². The number of hydrogen-bond acceptors (Lipinski definition) is 9. The summed E-state index contributed by atoms with van der Waals surface area (Å²) in [4.78, 5) is 27.1. The van der Waals surface area contributed by atoms with Gasteiger partial charge in [-0.2, -0.15) is 5.10 Å². The number of carbonyl (C=O) groups is 1. The first-order chi connectivity index (χ1) is 16.5. The van der Waals surface area contributed by atoms with Crippen molar-refractivity contribution in [3.63, 3.8) is 0 Å². The van der Waals surface area contributed by atoms with Crippen molar-refractivity contribution in [3.05, 3.63) is 99.4 Å². The summed E-state index contributed by atoms with van der Waals surface area (Å²) in [5.74, 6) is -0.113. The Bertz CT molecular complexity index is 1340. The first kappa shape index (κ1) is 22.6. The molecular formula is C24H18N4O5S. The minimum absolute atomic E-state index is 0.111. The van der Waals surface area contributed by atoms with E-state index in [1.54, 1.807) is 24.4 Å². The number of ether oxygens (including phenoxy) is 2. The van der Waals surface area contributed by atoms with Gasteiger partial charge in [0.05, 0.1) is 29.5 Å². The number of aromatic nitrogens is 1. The largest absolute Gasteiger partial charge is 0.493 e. The zero-order valence-corrected chi connectivity index (χ0v) is 18.7. The molecule has 0 aliphatic rings. The summed E-state index contributed by atoms with van der Waals surface area (Å²) in [5, 5.41) is 17.6. The number of non-ortho nitro benzene ring substituents is 1. The highest BCUT2D eigenvalue weighted by Crippen LogP contribution is 2.29. The lowest BCUT2D eigenvalue weighted by molar-refractivity contribution is -0.384. The van der Waals surface area contributed by atoms with E-state index in [0.29, 0.717) is 16.4 Å². The van der Waals surface area contributed by atoms with Crippen molar-refractivity contribution in [2.75, 3.05) is 12.5 Å². The molecule has 1 N–H and O–H groups in total. The number of nitrogens with one attached hydrogen (secondary N) is 1. The fourth-order valence-corrected chi connectivity index (χ4v) is 3.62. The minimum atomic E-state index is -0.658. The van der Waals surface area contributed by atoms with Crippen LogP contribution in [0.1, 0.15) is 15.9 Å². The summed E-state index contributed by atoms with van der Waals surface area (Å²) in [5.41, 5.74) is 5.57. The van der Waals surface area contributed by atoms with Crippen LogP contribution in [0.3, 0.4) is 0 Å². The predicted molar refractivity (Wildman–Crippen MR) is 130 cm³/mol. The molecule has 10 heteroatoms. The molecule has 3 aromatic carbocycles. The summed E-state index contributed by atoms with van der Waals surface area (Å²) in [6, 6.07) is 20.0. The van der Waals surface area contributed by atoms with Gasteiger partial charge in [0.25, 0.3) is 5.69 Å². The molecular weight excluding hydrogens is 456 g/mol. The monoisotopic (exact) mass is 474 g/mol. The molecule has 4 rings (SSSR count). The van der Waals surface area contributed by atoms with Crippen LogP contribution in [-0.4, -0.2) is 29.2 Å². The van der Waals surface area contributed by atoms with E-state index >= 15 is 0 Å². The minimum Gasteiger partial charge on any atom is -0.493 e. The third kappa shape index (κ3) is 5.43. The Hall–Kier alpha value is -4.57. The average Bonchev–Trinajstić information content (AvgIpc) is 3.34. The summed E-state index contributed by atoms with van der Waals surface area (Å²) < 4.78 is 10.7. The first-order valence-electron chi connectivity index (χ1n) is 9.98. The lowest BCUT2D eigenvalue weighted by atomic mass is 10.2. The van der Waals surface area contributed by atoms with Gasteiger partial charge in [0.15, 0.2) is 11.5 Å². The lowest BCUT2D eigenvalue weighted by Crippen LogP contribution is -2.09. The number of anilines is 1. The molecule has 0 aliphatic heterocycles. The van der Waals surface area contributed by atoms with Crippen molar-refractivity contribution in [1.29, 1.82) is 0 Å². The third-order valence-electron chi connectivity index (χ3n) is 4.65. The summed E-state index contributed by atoms with van der Waals surface area (Å²) in [7, 11) is 1.46. The second-order valence-electron chi connectivity index (χ2n) is 6.88. The molecule has 1 aromatic heterocycles. The van der Waals surface area contributed by atoms with E-state index in [-0.39, 0.29) is 17.0 Å². The fraction of sp³-hybridized carbons (Fsp3) is 0.0417. The molecule has 34 heavy (non-hydrogen) atoms. The normalized spacial score (nSPS) is 10.7. The van der Waals surface area contributed by atoms with Crippen LogP contribution < -0.4 is 14.9 Å². The Labute approximate surface area is 198 Å². The van der Waals surface area contributed by atoms with Gasteiger partial charge >= 0.3 is 5.97 Å². The molecule has 0 saturated carbocycles. The highest BCUT2D eigenvalue weighted by molar-refractivity contribution is 7.14. The van der Waals surface area contributed by atoms with E-state index in [2.05, 4.69) is 15.5 Å². The Morgan fingerprint density at radius 2 is 1.85 bits per heavy atom. The number of nitrogens with zero attached hydrogens (tertiary/aromatic N) is 3. The number of nitro benzene ring substituents is 1. The second-order valence-corrected chi connectivity index (χ2v) is 7.74. The molecule has 0 aliphatic carbocycles. The van der Waals surface area contributed by atoms with Crippen molar-refractivity contribution >= 4 is 34.3 Å². The number of methoxy groups -OCH3 is 1. The molecule has 0 radical (unpaired) electrons. The number of hydrogen-bond donors (Lipinski definition) is 1. The molecule has 0 bridgehead atoms. The number of esters is 1. The van der Waals surface area contributed by atoms with Gasteiger partial charge in [-0.25, -0.2) is 9.78 Å². The molecule has 4 aromatic rings. The zero-order valence-electron chi connectivity index (χ0n) is 17.9. The first-order valence-corrected chi connectivity index (χ1v) is 10.9. The van der Waals surface area contributed by atoms with Crippen LogP contribution in [0, 0.1) is 10.1 Å². The molecule has 0 atom stereocenters. The fourth-order valence-electron chi connectivity index (χ4n) is 2.96. The number of rotatable bonds is 8. The summed E-state index contributed by atoms with van der Waals surface area (Å²) in [6.45, 7) is 0. The van der Waals surface area contributed by atoms with Gasteiger partial charge in [0.1, 0.15) is 0 Å². The molecule has 0 fully saturated rings. The van der Waals surface area contributed by atoms with Gasteiger partial charge in [-0.15, -0.1) is 11.3 Å². The molecule has 0 spiro atoms. The van der Waals surface area contributed by atoms with Gasteiger partial charge in [-0.1, -0.05) is 30.3 Å². The maximum atomic E-state index is 12.4. The summed E-state index contributed by atoms with van der Waals surface area (Å²) in [6.07, 6.45) is 1.59. The van der Waals surface area contributed by atoms with Crippen molar-refractivity contribution in [3.8, 4) is 22.8 Å². The predicted octanol–water partition coefficient (Wildman–Crippen LogP) is 5.39. The highest BCUT2D eigenvalue weighted by atomic mass is 32.1. The molecule has 0 saturated heterocycles. The third-order valence-corrected chi connectivity index (χ3v) is 5.40. The number of carbonyl (C=O) groups excluding carboxylic acids is 1. The van der Waals surface area contributed by atoms with Crippen molar-refractivity contribution in [1.82, 2.24) is 4.98 Å². The topological polar surface area (TPSA) is 116 Å². The number of nitro groups is 1. The van der Waals surface area contributed by atoms with Gasteiger partial charge in [0.2, 0.25) is 5.13 Å². The number of hydrazone groups is 1. The SMILES string of the molecule is COc1cc(/C=N\Nc2nc(-c3ccccc3)cs2)ccc1OC(=O)c1ccc([N+](=O)[O-])cc1. The van der Waals surface area contributed by atoms with Crippen LogP contribution in [0.15, 0.2) is 83.3 Å². The number of benzene rings is 3. The van der Waals surface area contributed by atoms with Crippen molar-refractivity contribution in [2.24, 2.45) is 5.10 Å². The van der Waals surface area contributed by atoms with Gasteiger partial charge in [-0.05, 0) is 35.9 Å². The quantitative estimate of drug-likeness (QED) is 0.120. The smallest absolute Gasteiger partial charge is 0.343 e. The second kappa shape index (κ2) is 10.4. The molecule has 1 heterocycles. The average molecular weight is 474 g/mol. The van der Waals surface area contributed by atoms with E-state index in [1.165, 1.54) is 42.7 Å². The molecule has 0 amide bonds. The van der Waals surface area contributed by atoms with Crippen LogP contribution in [0.5, 0.6) is 11.5 Å². The maximum absolute atomic E-state index is 12.4. The van der Waals surface area contributed by atoms with Crippen LogP contribution in [0.2, 0.25) is 0 Å². The van der Waals surface area contributed by atoms with Crippen LogP contribution in [0.25, 0.3) is 11.3 Å². The summed E-state index contributed by atoms with van der Waals surface area (Å²) >= 11 is 1.44. The molecule has 170 valence electrons. The van der Waals surface area contributed by atoms with E-state index in [9.17, 15) is 14.9 Å². The van der Waals surface area contributed by atoms with Gasteiger partial charge in [0, 0.05) is 23.1 Å². The standard InChI is InChI=1S/C24H18N4O5S/c1-32-22-13-16(14-25-27-24-26-20(15-34-24)17-5-3-2-4-6-17)7-12-21(22)33-23(29)18-8-10-19(11-9-18)28(30)31/h2-15H,1H3,(H,26,27)/b25-14-. The van der Waals surface area contributed by atoms with Gasteiger partial charge in [-0.3, -0.25) is 15.5 Å². The number of thiazole rings is 1.